The molecule has 0 radical (unpaired) electrons. The molecule has 8 unspecified atom stereocenters. The van der Waals surface area contributed by atoms with E-state index in [4.69, 9.17) is 13.9 Å². The predicted molar refractivity (Wildman–Crippen MR) is 123 cm³/mol. The van der Waals surface area contributed by atoms with Crippen LogP contribution in [-0.4, -0.2) is 46.7 Å². The van der Waals surface area contributed by atoms with E-state index in [2.05, 4.69) is 0 Å². The van der Waals surface area contributed by atoms with Gasteiger partial charge < -0.3 is 24.1 Å². The maximum absolute atomic E-state index is 13.9. The van der Waals surface area contributed by atoms with E-state index >= 15 is 0 Å². The third-order valence-corrected chi connectivity index (χ3v) is 10.0. The number of aliphatic hydroxyl groups excluding tert-OH is 1. The average molecular weight is 487 g/mol. The first kappa shape index (κ1) is 24.3. The Morgan fingerprint density at radius 2 is 1.94 bits per heavy atom. The Hall–Kier alpha value is -2.45. The van der Waals surface area contributed by atoms with Crippen molar-refractivity contribution in [1.82, 2.24) is 0 Å². The molecule has 2 N–H and O–H groups in total. The normalized spacial score (nSPS) is 44.0. The molecule has 8 heteroatoms. The predicted octanol–water partition coefficient (Wildman–Crippen LogP) is 3.13. The number of furan rings is 1. The Kier molecular flexibility index (Phi) is 5.22. The number of cyclic esters (lactones) is 1. The van der Waals surface area contributed by atoms with Crippen LogP contribution in [-0.2, 0) is 23.9 Å². The van der Waals surface area contributed by atoms with Crippen molar-refractivity contribution in [3.05, 3.63) is 35.8 Å². The minimum absolute atomic E-state index is 0.0223. The van der Waals surface area contributed by atoms with Crippen LogP contribution in [0.5, 0.6) is 0 Å². The Labute approximate surface area is 204 Å². The van der Waals surface area contributed by atoms with Crippen LogP contribution < -0.4 is 0 Å². The molecule has 35 heavy (non-hydrogen) atoms. The monoisotopic (exact) mass is 486 g/mol. The highest BCUT2D eigenvalue weighted by Crippen LogP contribution is 2.70. The summed E-state index contributed by atoms with van der Waals surface area (Å²) in [5, 5.41) is 23.9. The van der Waals surface area contributed by atoms with Gasteiger partial charge in [0, 0.05) is 40.7 Å². The Balaban J connectivity index is 1.66. The first-order valence-corrected chi connectivity index (χ1v) is 12.3. The molecule has 190 valence electrons. The Morgan fingerprint density at radius 1 is 1.23 bits per heavy atom. The number of carbonyl (C=O) groups is 3. The lowest BCUT2D eigenvalue weighted by molar-refractivity contribution is -0.230. The Bertz CT molecular complexity index is 1100. The van der Waals surface area contributed by atoms with Crippen molar-refractivity contribution < 1.29 is 38.5 Å². The summed E-state index contributed by atoms with van der Waals surface area (Å²) in [6, 6.07) is 1.75. The summed E-state index contributed by atoms with van der Waals surface area (Å²) in [4.78, 5) is 39.1. The van der Waals surface area contributed by atoms with Crippen molar-refractivity contribution in [2.45, 2.75) is 71.2 Å². The van der Waals surface area contributed by atoms with E-state index in [1.54, 1.807) is 12.3 Å². The number of hydrogen-bond donors (Lipinski definition) is 2. The topological polar surface area (TPSA) is 123 Å². The fraction of sp³-hybridized carbons (Fsp3) is 0.667. The zero-order valence-electron chi connectivity index (χ0n) is 20.9. The molecule has 1 aromatic heterocycles. The molecule has 5 rings (SSSR count). The van der Waals surface area contributed by atoms with Gasteiger partial charge in [0.25, 0.3) is 0 Å². The van der Waals surface area contributed by atoms with E-state index < -0.39 is 63.7 Å². The first-order chi connectivity index (χ1) is 16.3. The van der Waals surface area contributed by atoms with Gasteiger partial charge in [-0.3, -0.25) is 9.59 Å². The molecule has 8 nitrogen and oxygen atoms in total. The summed E-state index contributed by atoms with van der Waals surface area (Å²) in [6.07, 6.45) is 3.78. The molecule has 0 aromatic carbocycles. The SMILES string of the molecule is COC(=O)CC1C(C)(C)C(O)C2CC3(O)C4=CC(=O)OC(c5ccoc5)C4(C)CCC3C1(C)C2=O. The summed E-state index contributed by atoms with van der Waals surface area (Å²) in [5.74, 6) is -3.05. The number of fused-ring (bicyclic) bond motifs is 6. The lowest BCUT2D eigenvalue weighted by Crippen LogP contribution is -2.72. The molecule has 1 aliphatic heterocycles. The summed E-state index contributed by atoms with van der Waals surface area (Å²) in [7, 11) is 1.30. The average Bonchev–Trinajstić information content (AvgIpc) is 3.33. The number of ketones is 1. The molecule has 2 bridgehead atoms. The van der Waals surface area contributed by atoms with E-state index in [-0.39, 0.29) is 18.6 Å². The second kappa shape index (κ2) is 7.53. The van der Waals surface area contributed by atoms with Gasteiger partial charge in [0.05, 0.1) is 31.3 Å². The second-order valence-electron chi connectivity index (χ2n) is 11.9. The van der Waals surface area contributed by atoms with Crippen LogP contribution in [0, 0.1) is 34.0 Å². The minimum Gasteiger partial charge on any atom is -0.472 e. The zero-order valence-corrected chi connectivity index (χ0v) is 20.9. The quantitative estimate of drug-likeness (QED) is 0.625. The lowest BCUT2D eigenvalue weighted by Gasteiger charge is -2.67. The third-order valence-electron chi connectivity index (χ3n) is 10.0. The largest absolute Gasteiger partial charge is 0.472 e. The van der Waals surface area contributed by atoms with E-state index in [0.29, 0.717) is 24.0 Å². The van der Waals surface area contributed by atoms with Crippen LogP contribution in [0.25, 0.3) is 0 Å². The summed E-state index contributed by atoms with van der Waals surface area (Å²) < 4.78 is 16.0. The van der Waals surface area contributed by atoms with Crippen LogP contribution >= 0.6 is 0 Å². The number of ether oxygens (including phenoxy) is 2. The molecule has 1 aromatic rings. The van der Waals surface area contributed by atoms with Gasteiger partial charge in [-0.05, 0) is 42.2 Å². The van der Waals surface area contributed by atoms with Gasteiger partial charge in [0.2, 0.25) is 0 Å². The molecule has 3 aliphatic carbocycles. The van der Waals surface area contributed by atoms with Crippen molar-refractivity contribution in [3.63, 3.8) is 0 Å². The van der Waals surface area contributed by atoms with Crippen LogP contribution in [0.2, 0.25) is 0 Å². The van der Waals surface area contributed by atoms with Crippen molar-refractivity contribution in [2.75, 3.05) is 7.11 Å². The molecule has 0 saturated heterocycles. The van der Waals surface area contributed by atoms with Crippen molar-refractivity contribution >= 4 is 17.7 Å². The maximum Gasteiger partial charge on any atom is 0.331 e. The Morgan fingerprint density at radius 3 is 2.57 bits per heavy atom. The van der Waals surface area contributed by atoms with Gasteiger partial charge in [0.1, 0.15) is 11.9 Å². The maximum atomic E-state index is 13.9. The molecule has 8 atom stereocenters. The fourth-order valence-corrected chi connectivity index (χ4v) is 8.26. The second-order valence-corrected chi connectivity index (χ2v) is 11.9. The van der Waals surface area contributed by atoms with Crippen molar-refractivity contribution in [2.24, 2.45) is 34.0 Å². The van der Waals surface area contributed by atoms with Crippen LogP contribution in [0.1, 0.15) is 65.0 Å². The molecule has 3 fully saturated rings. The number of Topliss-reactive ketones (excluding diaryl/α,β-unsaturated/α-hetero) is 1. The van der Waals surface area contributed by atoms with Crippen LogP contribution in [0.4, 0.5) is 0 Å². The highest BCUT2D eigenvalue weighted by Gasteiger charge is 2.73. The number of hydrogen-bond acceptors (Lipinski definition) is 8. The standard InChI is InChI=1S/C27H34O8/c1-24(2)17(10-19(28)33-5)26(4)16-6-8-25(3)18(27(16,32)12-15(21(24)30)22(26)31)11-20(29)35-23(25)14-7-9-34-13-14/h7,9,11,13,15-17,21,23,30,32H,6,8,10,12H2,1-5H3. The summed E-state index contributed by atoms with van der Waals surface area (Å²) in [6.45, 7) is 7.56. The molecular weight excluding hydrogens is 452 g/mol. The first-order valence-electron chi connectivity index (χ1n) is 12.3. The van der Waals surface area contributed by atoms with Gasteiger partial charge >= 0.3 is 11.9 Å². The van der Waals surface area contributed by atoms with E-state index in [0.717, 1.165) is 0 Å². The number of methoxy groups -OCH3 is 1. The fourth-order valence-electron chi connectivity index (χ4n) is 8.26. The van der Waals surface area contributed by atoms with Crippen molar-refractivity contribution in [3.8, 4) is 0 Å². The number of esters is 2. The molecule has 2 heterocycles. The number of rotatable bonds is 3. The van der Waals surface area contributed by atoms with E-state index in [9.17, 15) is 24.6 Å². The van der Waals surface area contributed by atoms with Gasteiger partial charge in [0.15, 0.2) is 0 Å². The summed E-state index contributed by atoms with van der Waals surface area (Å²) >= 11 is 0. The number of carbonyl (C=O) groups excluding carboxylic acids is 3. The van der Waals surface area contributed by atoms with Gasteiger partial charge in [-0.1, -0.05) is 27.7 Å². The van der Waals surface area contributed by atoms with Crippen LogP contribution in [0.3, 0.4) is 0 Å². The van der Waals surface area contributed by atoms with Crippen LogP contribution in [0.15, 0.2) is 34.7 Å². The molecule has 0 amide bonds. The number of aliphatic hydroxyl groups is 2. The van der Waals surface area contributed by atoms with E-state index in [1.807, 2.05) is 27.7 Å². The molecule has 3 saturated carbocycles. The lowest BCUT2D eigenvalue weighted by atomic mass is 9.37. The molecule has 0 spiro atoms. The smallest absolute Gasteiger partial charge is 0.331 e. The summed E-state index contributed by atoms with van der Waals surface area (Å²) in [5.41, 5.74) is -2.85. The van der Waals surface area contributed by atoms with Crippen molar-refractivity contribution in [1.29, 1.82) is 0 Å². The zero-order chi connectivity index (χ0) is 25.6. The van der Waals surface area contributed by atoms with Gasteiger partial charge in [-0.2, -0.15) is 0 Å². The third kappa shape index (κ3) is 3.02. The highest BCUT2D eigenvalue weighted by atomic mass is 16.5. The molecule has 4 aliphatic rings. The highest BCUT2D eigenvalue weighted by molar-refractivity contribution is 5.92. The molecular formula is C27H34O8. The minimum atomic E-state index is -1.52. The van der Waals surface area contributed by atoms with Gasteiger partial charge in [-0.15, -0.1) is 0 Å². The van der Waals surface area contributed by atoms with Gasteiger partial charge in [-0.25, -0.2) is 4.79 Å². The van der Waals surface area contributed by atoms with E-state index in [1.165, 1.54) is 19.4 Å².